The van der Waals surface area contributed by atoms with Crippen molar-refractivity contribution in [3.8, 4) is 5.75 Å². The maximum absolute atomic E-state index is 12.4. The van der Waals surface area contributed by atoms with E-state index in [1.54, 1.807) is 16.8 Å². The summed E-state index contributed by atoms with van der Waals surface area (Å²) in [5.74, 6) is -0.415. The number of nitrogens with zero attached hydrogens (tertiary/aromatic N) is 2. The van der Waals surface area contributed by atoms with Gasteiger partial charge in [-0.25, -0.2) is 0 Å². The molecule has 1 heterocycles. The fourth-order valence-electron chi connectivity index (χ4n) is 2.06. The first-order valence-corrected chi connectivity index (χ1v) is 6.47. The molecule has 2 aromatic rings. The van der Waals surface area contributed by atoms with Gasteiger partial charge in [0, 0.05) is 18.3 Å². The molecule has 1 aromatic heterocycles. The fraction of sp³-hybridized carbons (Fsp3) is 0.357. The molecular formula is C14H15F3N2O2. The van der Waals surface area contributed by atoms with Crippen molar-refractivity contribution in [3.63, 3.8) is 0 Å². The highest BCUT2D eigenvalue weighted by atomic mass is 19.4. The van der Waals surface area contributed by atoms with Gasteiger partial charge in [-0.15, -0.1) is 13.2 Å². The zero-order chi connectivity index (χ0) is 15.5. The van der Waals surface area contributed by atoms with Crippen LogP contribution in [0.15, 0.2) is 36.5 Å². The molecule has 7 heteroatoms. The molecule has 0 radical (unpaired) electrons. The first-order chi connectivity index (χ1) is 9.92. The third-order valence-electron chi connectivity index (χ3n) is 2.90. The molecule has 2 rings (SSSR count). The molecule has 0 saturated carbocycles. The summed E-state index contributed by atoms with van der Waals surface area (Å²) in [5.41, 5.74) is 0.475. The molecule has 0 bridgehead atoms. The van der Waals surface area contributed by atoms with Crippen LogP contribution in [0, 0.1) is 0 Å². The summed E-state index contributed by atoms with van der Waals surface area (Å²) in [6.45, 7) is 2.51. The fourth-order valence-corrected chi connectivity index (χ4v) is 2.06. The van der Waals surface area contributed by atoms with Crippen molar-refractivity contribution in [2.45, 2.75) is 32.4 Å². The lowest BCUT2D eigenvalue weighted by atomic mass is 10.1. The Bertz CT molecular complexity index is 596. The quantitative estimate of drug-likeness (QED) is 0.922. The van der Waals surface area contributed by atoms with Gasteiger partial charge < -0.3 is 9.84 Å². The lowest BCUT2D eigenvalue weighted by molar-refractivity contribution is -0.275. The second-order valence-electron chi connectivity index (χ2n) is 4.47. The van der Waals surface area contributed by atoms with E-state index in [0.717, 1.165) is 6.42 Å². The molecule has 0 saturated heterocycles. The Morgan fingerprint density at radius 1 is 1.29 bits per heavy atom. The minimum absolute atomic E-state index is 0.0488. The van der Waals surface area contributed by atoms with Crippen LogP contribution in [0.1, 0.15) is 30.7 Å². The number of benzene rings is 1. The van der Waals surface area contributed by atoms with Crippen LogP contribution < -0.4 is 4.74 Å². The number of aromatic nitrogens is 2. The number of rotatable bonds is 5. The zero-order valence-electron chi connectivity index (χ0n) is 11.3. The van der Waals surface area contributed by atoms with Crippen LogP contribution in [0.5, 0.6) is 5.75 Å². The Morgan fingerprint density at radius 2 is 2.00 bits per heavy atom. The van der Waals surface area contributed by atoms with Crippen LogP contribution in [0.25, 0.3) is 0 Å². The topological polar surface area (TPSA) is 47.3 Å². The largest absolute Gasteiger partial charge is 0.573 e. The normalized spacial score (nSPS) is 13.2. The molecule has 1 aromatic carbocycles. The van der Waals surface area contributed by atoms with Crippen LogP contribution in [0.2, 0.25) is 0 Å². The van der Waals surface area contributed by atoms with E-state index in [2.05, 4.69) is 9.84 Å². The minimum atomic E-state index is -4.81. The Kier molecular flexibility index (Phi) is 4.52. The van der Waals surface area contributed by atoms with E-state index in [0.29, 0.717) is 12.2 Å². The van der Waals surface area contributed by atoms with Gasteiger partial charge in [0.05, 0.1) is 5.69 Å². The molecule has 0 aliphatic carbocycles. The molecular weight excluding hydrogens is 285 g/mol. The highest BCUT2D eigenvalue weighted by Gasteiger charge is 2.33. The van der Waals surface area contributed by atoms with Crippen LogP contribution in [0.3, 0.4) is 0 Å². The summed E-state index contributed by atoms with van der Waals surface area (Å²) in [4.78, 5) is 0. The molecule has 0 spiro atoms. The van der Waals surface area contributed by atoms with Gasteiger partial charge in [-0.05, 0) is 18.6 Å². The van der Waals surface area contributed by atoms with Gasteiger partial charge in [-0.1, -0.05) is 25.1 Å². The smallest absolute Gasteiger partial charge is 0.405 e. The van der Waals surface area contributed by atoms with Crippen LogP contribution in [-0.4, -0.2) is 21.2 Å². The summed E-state index contributed by atoms with van der Waals surface area (Å²) < 4.78 is 42.7. The van der Waals surface area contributed by atoms with E-state index in [4.69, 9.17) is 0 Å². The highest BCUT2D eigenvalue weighted by molar-refractivity contribution is 5.38. The third-order valence-corrected chi connectivity index (χ3v) is 2.90. The van der Waals surface area contributed by atoms with Gasteiger partial charge in [0.25, 0.3) is 0 Å². The summed E-state index contributed by atoms with van der Waals surface area (Å²) in [6.07, 6.45) is -3.75. The number of ether oxygens (including phenoxy) is 1. The number of aliphatic hydroxyl groups excluding tert-OH is 1. The average molecular weight is 300 g/mol. The number of halogens is 3. The molecule has 114 valence electrons. The SMILES string of the molecule is CCCn1nccc1C(O)c1ccccc1OC(F)(F)F. The predicted molar refractivity (Wildman–Crippen MR) is 69.7 cm³/mol. The molecule has 0 fully saturated rings. The Hall–Kier alpha value is -2.02. The molecule has 1 atom stereocenters. The number of alkyl halides is 3. The summed E-state index contributed by atoms with van der Waals surface area (Å²) in [7, 11) is 0. The van der Waals surface area contributed by atoms with E-state index in [1.807, 2.05) is 6.92 Å². The number of para-hydroxylation sites is 1. The molecule has 0 aliphatic rings. The second-order valence-corrected chi connectivity index (χ2v) is 4.47. The third kappa shape index (κ3) is 3.75. The monoisotopic (exact) mass is 300 g/mol. The molecule has 1 unspecified atom stereocenters. The maximum atomic E-state index is 12.4. The van der Waals surface area contributed by atoms with Gasteiger partial charge in [0.15, 0.2) is 0 Å². The van der Waals surface area contributed by atoms with Crippen molar-refractivity contribution in [2.75, 3.05) is 0 Å². The van der Waals surface area contributed by atoms with Crippen molar-refractivity contribution in [3.05, 3.63) is 47.8 Å². The van der Waals surface area contributed by atoms with Crippen molar-refractivity contribution < 1.29 is 23.0 Å². The van der Waals surface area contributed by atoms with E-state index < -0.39 is 18.2 Å². The van der Waals surface area contributed by atoms with Crippen LogP contribution in [0.4, 0.5) is 13.2 Å². The number of aryl methyl sites for hydroxylation is 1. The molecule has 0 aliphatic heterocycles. The van der Waals surface area contributed by atoms with Gasteiger partial charge in [-0.3, -0.25) is 4.68 Å². The zero-order valence-corrected chi connectivity index (χ0v) is 11.3. The Labute approximate surface area is 119 Å². The number of aliphatic hydroxyl groups is 1. The van der Waals surface area contributed by atoms with E-state index >= 15 is 0 Å². The maximum Gasteiger partial charge on any atom is 0.573 e. The number of hydrogen-bond acceptors (Lipinski definition) is 3. The summed E-state index contributed by atoms with van der Waals surface area (Å²) in [6, 6.07) is 7.11. The standard InChI is InChI=1S/C14H15F3N2O2/c1-2-9-19-11(7-8-18-19)13(20)10-5-3-4-6-12(10)21-14(15,16)17/h3-8,13,20H,2,9H2,1H3. The highest BCUT2D eigenvalue weighted by Crippen LogP contribution is 2.33. The van der Waals surface area contributed by atoms with Gasteiger partial charge in [0.1, 0.15) is 11.9 Å². The van der Waals surface area contributed by atoms with Gasteiger partial charge in [-0.2, -0.15) is 5.10 Å². The van der Waals surface area contributed by atoms with E-state index in [-0.39, 0.29) is 5.56 Å². The summed E-state index contributed by atoms with van der Waals surface area (Å²) in [5, 5.41) is 14.4. The van der Waals surface area contributed by atoms with Crippen LogP contribution >= 0.6 is 0 Å². The van der Waals surface area contributed by atoms with Crippen molar-refractivity contribution in [2.24, 2.45) is 0 Å². The predicted octanol–water partition coefficient (Wildman–Crippen LogP) is 3.27. The molecule has 0 amide bonds. The van der Waals surface area contributed by atoms with E-state index in [9.17, 15) is 18.3 Å². The first-order valence-electron chi connectivity index (χ1n) is 6.47. The Morgan fingerprint density at radius 3 is 2.67 bits per heavy atom. The lowest BCUT2D eigenvalue weighted by Gasteiger charge is -2.18. The molecule has 21 heavy (non-hydrogen) atoms. The first kappa shape index (κ1) is 15.4. The molecule has 1 N–H and O–H groups in total. The van der Waals surface area contributed by atoms with Crippen LogP contribution in [-0.2, 0) is 6.54 Å². The van der Waals surface area contributed by atoms with E-state index in [1.165, 1.54) is 24.4 Å². The average Bonchev–Trinajstić information content (AvgIpc) is 2.85. The van der Waals surface area contributed by atoms with Crippen molar-refractivity contribution in [1.82, 2.24) is 9.78 Å². The number of hydrogen-bond donors (Lipinski definition) is 1. The minimum Gasteiger partial charge on any atom is -0.405 e. The van der Waals surface area contributed by atoms with Crippen molar-refractivity contribution >= 4 is 0 Å². The lowest BCUT2D eigenvalue weighted by Crippen LogP contribution is -2.19. The molecule has 4 nitrogen and oxygen atoms in total. The van der Waals surface area contributed by atoms with Gasteiger partial charge in [0.2, 0.25) is 0 Å². The summed E-state index contributed by atoms with van der Waals surface area (Å²) >= 11 is 0. The van der Waals surface area contributed by atoms with Gasteiger partial charge >= 0.3 is 6.36 Å². The van der Waals surface area contributed by atoms with Crippen molar-refractivity contribution in [1.29, 1.82) is 0 Å². The second kappa shape index (κ2) is 6.17. The Balaban J connectivity index is 2.34.